The van der Waals surface area contributed by atoms with Crippen LogP contribution in [0.2, 0.25) is 0 Å². The van der Waals surface area contributed by atoms with Crippen molar-refractivity contribution in [3.05, 3.63) is 29.8 Å². The first-order chi connectivity index (χ1) is 8.38. The van der Waals surface area contributed by atoms with Gasteiger partial charge in [0, 0.05) is 0 Å². The van der Waals surface area contributed by atoms with Crippen molar-refractivity contribution in [2.24, 2.45) is 0 Å². The molecule has 0 atom stereocenters. The smallest absolute Gasteiger partial charge is 0.119 e. The number of aryl methyl sites for hydroxylation is 1. The second kappa shape index (κ2) is 6.68. The summed E-state index contributed by atoms with van der Waals surface area (Å²) in [6.45, 7) is 2.19. The van der Waals surface area contributed by atoms with Crippen molar-refractivity contribution in [3.8, 4) is 5.75 Å². The van der Waals surface area contributed by atoms with Gasteiger partial charge in [-0.15, -0.1) is 0 Å². The maximum atomic E-state index is 6.13. The Balaban J connectivity index is 1.93. The molecule has 0 aromatic heterocycles. The van der Waals surface area contributed by atoms with Gasteiger partial charge in [0.2, 0.25) is 0 Å². The van der Waals surface area contributed by atoms with E-state index in [-0.39, 0.29) is 0 Å². The highest BCUT2D eigenvalue weighted by Crippen LogP contribution is 2.23. The fraction of sp³-hybridized carbons (Fsp3) is 0.625. The second-order valence-corrected chi connectivity index (χ2v) is 5.09. The molecule has 1 heteroatoms. The molecule has 1 aromatic rings. The Morgan fingerprint density at radius 1 is 1.06 bits per heavy atom. The highest BCUT2D eigenvalue weighted by molar-refractivity contribution is 5.28. The van der Waals surface area contributed by atoms with Crippen LogP contribution >= 0.6 is 0 Å². The van der Waals surface area contributed by atoms with E-state index in [1.54, 1.807) is 0 Å². The molecule has 0 amide bonds. The third-order valence-electron chi connectivity index (χ3n) is 3.66. The van der Waals surface area contributed by atoms with Crippen molar-refractivity contribution in [2.45, 2.75) is 64.4 Å². The van der Waals surface area contributed by atoms with Gasteiger partial charge in [0.25, 0.3) is 0 Å². The first-order valence-corrected chi connectivity index (χ1v) is 7.14. The van der Waals surface area contributed by atoms with Gasteiger partial charge in [0.15, 0.2) is 0 Å². The zero-order chi connectivity index (χ0) is 11.9. The Bertz CT molecular complexity index is 324. The molecular formula is C16H24O. The van der Waals surface area contributed by atoms with Gasteiger partial charge in [0.1, 0.15) is 5.75 Å². The SMILES string of the molecule is CCc1cccc(OC2CCCCCCC2)c1. The molecule has 1 saturated carbocycles. The van der Waals surface area contributed by atoms with E-state index >= 15 is 0 Å². The molecule has 94 valence electrons. The van der Waals surface area contributed by atoms with Gasteiger partial charge in [-0.05, 0) is 49.8 Å². The molecule has 1 aromatic carbocycles. The Kier molecular flexibility index (Phi) is 4.90. The Morgan fingerprint density at radius 2 is 1.76 bits per heavy atom. The number of ether oxygens (including phenoxy) is 1. The quantitative estimate of drug-likeness (QED) is 0.731. The van der Waals surface area contributed by atoms with Gasteiger partial charge in [-0.3, -0.25) is 0 Å². The Labute approximate surface area is 105 Å². The van der Waals surface area contributed by atoms with Crippen molar-refractivity contribution in [1.82, 2.24) is 0 Å². The number of benzene rings is 1. The van der Waals surface area contributed by atoms with Gasteiger partial charge < -0.3 is 4.74 Å². The summed E-state index contributed by atoms with van der Waals surface area (Å²) in [5.74, 6) is 1.06. The molecule has 0 radical (unpaired) electrons. The first-order valence-electron chi connectivity index (χ1n) is 7.14. The highest BCUT2D eigenvalue weighted by Gasteiger charge is 2.12. The third kappa shape index (κ3) is 4.07. The van der Waals surface area contributed by atoms with Gasteiger partial charge in [-0.25, -0.2) is 0 Å². The molecule has 1 fully saturated rings. The van der Waals surface area contributed by atoms with E-state index in [9.17, 15) is 0 Å². The van der Waals surface area contributed by atoms with E-state index in [1.165, 1.54) is 50.5 Å². The summed E-state index contributed by atoms with van der Waals surface area (Å²) in [5.41, 5.74) is 1.37. The summed E-state index contributed by atoms with van der Waals surface area (Å²) in [6, 6.07) is 8.57. The maximum absolute atomic E-state index is 6.13. The molecule has 0 saturated heterocycles. The predicted octanol–water partition coefficient (Wildman–Crippen LogP) is 4.74. The lowest BCUT2D eigenvalue weighted by molar-refractivity contribution is 0.166. The lowest BCUT2D eigenvalue weighted by atomic mass is 9.98. The normalized spacial score (nSPS) is 18.4. The summed E-state index contributed by atoms with van der Waals surface area (Å²) < 4.78 is 6.13. The third-order valence-corrected chi connectivity index (χ3v) is 3.66. The standard InChI is InChI=1S/C16H24O/c1-2-14-9-8-12-16(13-14)17-15-10-6-4-3-5-7-11-15/h8-9,12-13,15H,2-7,10-11H2,1H3. The van der Waals surface area contributed by atoms with Crippen LogP contribution in [0.1, 0.15) is 57.4 Å². The van der Waals surface area contributed by atoms with E-state index in [4.69, 9.17) is 4.74 Å². The van der Waals surface area contributed by atoms with Crippen LogP contribution in [0.15, 0.2) is 24.3 Å². The fourth-order valence-corrected chi connectivity index (χ4v) is 2.57. The average molecular weight is 232 g/mol. The molecule has 0 unspecified atom stereocenters. The molecule has 1 nitrogen and oxygen atoms in total. The predicted molar refractivity (Wildman–Crippen MR) is 72.6 cm³/mol. The Morgan fingerprint density at radius 3 is 2.47 bits per heavy atom. The summed E-state index contributed by atoms with van der Waals surface area (Å²) in [7, 11) is 0. The van der Waals surface area contributed by atoms with Crippen LogP contribution in [0.25, 0.3) is 0 Å². The Hall–Kier alpha value is -0.980. The van der Waals surface area contributed by atoms with Crippen molar-refractivity contribution in [1.29, 1.82) is 0 Å². The van der Waals surface area contributed by atoms with Crippen molar-refractivity contribution >= 4 is 0 Å². The zero-order valence-electron chi connectivity index (χ0n) is 11.0. The molecule has 0 spiro atoms. The summed E-state index contributed by atoms with van der Waals surface area (Å²) in [4.78, 5) is 0. The first kappa shape index (κ1) is 12.5. The molecular weight excluding hydrogens is 208 g/mol. The van der Waals surface area contributed by atoms with Crippen molar-refractivity contribution < 1.29 is 4.74 Å². The lowest BCUT2D eigenvalue weighted by Crippen LogP contribution is -2.17. The summed E-state index contributed by atoms with van der Waals surface area (Å²) >= 11 is 0. The molecule has 2 rings (SSSR count). The highest BCUT2D eigenvalue weighted by atomic mass is 16.5. The summed E-state index contributed by atoms with van der Waals surface area (Å²) in [6.07, 6.45) is 10.8. The fourth-order valence-electron chi connectivity index (χ4n) is 2.57. The van der Waals surface area contributed by atoms with E-state index in [1.807, 2.05) is 0 Å². The molecule has 17 heavy (non-hydrogen) atoms. The lowest BCUT2D eigenvalue weighted by Gasteiger charge is -2.21. The van der Waals surface area contributed by atoms with Crippen molar-refractivity contribution in [2.75, 3.05) is 0 Å². The number of hydrogen-bond acceptors (Lipinski definition) is 1. The van der Waals surface area contributed by atoms with Crippen LogP contribution < -0.4 is 4.74 Å². The van der Waals surface area contributed by atoms with Crippen molar-refractivity contribution in [3.63, 3.8) is 0 Å². The van der Waals surface area contributed by atoms with Crippen LogP contribution in [0.3, 0.4) is 0 Å². The van der Waals surface area contributed by atoms with E-state index < -0.39 is 0 Å². The van der Waals surface area contributed by atoms with Crippen LogP contribution in [0.5, 0.6) is 5.75 Å². The van der Waals surface area contributed by atoms with E-state index in [0.717, 1.165) is 12.2 Å². The van der Waals surface area contributed by atoms with Crippen LogP contribution in [0.4, 0.5) is 0 Å². The van der Waals surface area contributed by atoms with Gasteiger partial charge >= 0.3 is 0 Å². The van der Waals surface area contributed by atoms with Crippen LogP contribution in [-0.4, -0.2) is 6.10 Å². The average Bonchev–Trinajstić information content (AvgIpc) is 2.33. The van der Waals surface area contributed by atoms with Gasteiger partial charge in [-0.2, -0.15) is 0 Å². The minimum absolute atomic E-state index is 0.447. The topological polar surface area (TPSA) is 9.23 Å². The second-order valence-electron chi connectivity index (χ2n) is 5.09. The minimum Gasteiger partial charge on any atom is -0.490 e. The van der Waals surface area contributed by atoms with Crippen LogP contribution in [0, 0.1) is 0 Å². The minimum atomic E-state index is 0.447. The molecule has 0 N–H and O–H groups in total. The largest absolute Gasteiger partial charge is 0.490 e. The van der Waals surface area contributed by atoms with Gasteiger partial charge in [-0.1, -0.05) is 38.3 Å². The molecule has 0 aliphatic heterocycles. The van der Waals surface area contributed by atoms with Crippen LogP contribution in [-0.2, 0) is 6.42 Å². The van der Waals surface area contributed by atoms with E-state index in [0.29, 0.717) is 6.10 Å². The van der Waals surface area contributed by atoms with Gasteiger partial charge in [0.05, 0.1) is 6.10 Å². The molecule has 0 bridgehead atoms. The monoisotopic (exact) mass is 232 g/mol. The van der Waals surface area contributed by atoms with E-state index in [2.05, 4.69) is 31.2 Å². The molecule has 0 heterocycles. The molecule has 1 aliphatic rings. The molecule has 1 aliphatic carbocycles. The number of rotatable bonds is 3. The number of hydrogen-bond donors (Lipinski definition) is 0. The summed E-state index contributed by atoms with van der Waals surface area (Å²) in [5, 5.41) is 0. The zero-order valence-corrected chi connectivity index (χ0v) is 11.0. The maximum Gasteiger partial charge on any atom is 0.119 e.